The van der Waals surface area contributed by atoms with Crippen molar-refractivity contribution in [2.75, 3.05) is 13.6 Å². The Morgan fingerprint density at radius 2 is 1.64 bits per heavy atom. The van der Waals surface area contributed by atoms with Crippen LogP contribution in [0.5, 0.6) is 0 Å². The second kappa shape index (κ2) is 8.95. The highest BCUT2D eigenvalue weighted by Gasteiger charge is 2.25. The van der Waals surface area contributed by atoms with E-state index in [2.05, 4.69) is 10.6 Å². The van der Waals surface area contributed by atoms with Crippen LogP contribution in [0.3, 0.4) is 0 Å². The average Bonchev–Trinajstić information content (AvgIpc) is 2.72. The third-order valence-corrected chi connectivity index (χ3v) is 5.39. The Morgan fingerprint density at radius 1 is 1.00 bits per heavy atom. The van der Waals surface area contributed by atoms with E-state index >= 15 is 0 Å². The Bertz CT molecular complexity index is 841. The molecule has 0 atom stereocenters. The van der Waals surface area contributed by atoms with Crippen LogP contribution >= 0.6 is 0 Å². The van der Waals surface area contributed by atoms with Gasteiger partial charge >= 0.3 is 0 Å². The van der Waals surface area contributed by atoms with Crippen molar-refractivity contribution in [2.24, 2.45) is 11.8 Å². The van der Waals surface area contributed by atoms with E-state index in [9.17, 15) is 18.4 Å². The highest BCUT2D eigenvalue weighted by Crippen LogP contribution is 2.29. The lowest BCUT2D eigenvalue weighted by Gasteiger charge is -2.27. The van der Waals surface area contributed by atoms with Crippen LogP contribution in [-0.2, 0) is 4.79 Å². The van der Waals surface area contributed by atoms with Crippen molar-refractivity contribution in [1.82, 2.24) is 10.6 Å². The summed E-state index contributed by atoms with van der Waals surface area (Å²) in [5.74, 6) is -1.12. The first-order chi connectivity index (χ1) is 13.5. The van der Waals surface area contributed by atoms with E-state index < -0.39 is 11.6 Å². The minimum atomic E-state index is -0.662. The van der Waals surface area contributed by atoms with Gasteiger partial charge in [-0.3, -0.25) is 9.59 Å². The smallest absolute Gasteiger partial charge is 0.251 e. The molecule has 6 heteroatoms. The lowest BCUT2D eigenvalue weighted by Crippen LogP contribution is -2.34. The standard InChI is InChI=1S/C22H24F2N2O2/c1-25-21(27)15-10-8-14(9-11-15)13-26-22(28)17-5-2-4-16(12-17)20-18(23)6-3-7-19(20)24/h2-7,12,14-15H,8-11,13H2,1H3,(H,25,27)(H,26,28). The molecule has 2 aromatic carbocycles. The molecule has 4 nitrogen and oxygen atoms in total. The highest BCUT2D eigenvalue weighted by molar-refractivity contribution is 5.95. The monoisotopic (exact) mass is 386 g/mol. The summed E-state index contributed by atoms with van der Waals surface area (Å²) in [6.45, 7) is 0.525. The van der Waals surface area contributed by atoms with Crippen molar-refractivity contribution in [2.45, 2.75) is 25.7 Å². The first-order valence-electron chi connectivity index (χ1n) is 9.54. The SMILES string of the molecule is CNC(=O)C1CCC(CNC(=O)c2cccc(-c3c(F)cccc3F)c2)CC1. The number of rotatable bonds is 5. The number of carbonyl (C=O) groups excluding carboxylic acids is 2. The van der Waals surface area contributed by atoms with Gasteiger partial charge in [0, 0.05) is 25.1 Å². The van der Waals surface area contributed by atoms with Crippen molar-refractivity contribution in [3.63, 3.8) is 0 Å². The second-order valence-corrected chi connectivity index (χ2v) is 7.22. The number of hydrogen-bond donors (Lipinski definition) is 2. The molecule has 3 rings (SSSR count). The van der Waals surface area contributed by atoms with Crippen LogP contribution in [0.25, 0.3) is 11.1 Å². The fraction of sp³-hybridized carbons (Fsp3) is 0.364. The van der Waals surface area contributed by atoms with Crippen molar-refractivity contribution in [3.8, 4) is 11.1 Å². The summed E-state index contributed by atoms with van der Waals surface area (Å²) in [5.41, 5.74) is 0.554. The lowest BCUT2D eigenvalue weighted by molar-refractivity contribution is -0.125. The predicted molar refractivity (Wildman–Crippen MR) is 104 cm³/mol. The molecule has 0 heterocycles. The second-order valence-electron chi connectivity index (χ2n) is 7.22. The van der Waals surface area contributed by atoms with E-state index in [1.165, 1.54) is 24.3 Å². The summed E-state index contributed by atoms with van der Waals surface area (Å²) < 4.78 is 28.0. The van der Waals surface area contributed by atoms with Crippen molar-refractivity contribution >= 4 is 11.8 Å². The molecule has 2 amide bonds. The molecule has 1 saturated carbocycles. The van der Waals surface area contributed by atoms with E-state index in [1.54, 1.807) is 25.2 Å². The van der Waals surface area contributed by atoms with Gasteiger partial charge in [0.1, 0.15) is 11.6 Å². The molecule has 2 aromatic rings. The summed E-state index contributed by atoms with van der Waals surface area (Å²) in [5, 5.41) is 5.59. The van der Waals surface area contributed by atoms with Crippen molar-refractivity contribution in [1.29, 1.82) is 0 Å². The molecule has 2 N–H and O–H groups in total. The average molecular weight is 386 g/mol. The van der Waals surface area contributed by atoms with Crippen LogP contribution in [-0.4, -0.2) is 25.4 Å². The van der Waals surface area contributed by atoms with Gasteiger partial charge in [0.15, 0.2) is 0 Å². The van der Waals surface area contributed by atoms with Gasteiger partial charge in [-0.15, -0.1) is 0 Å². The Hall–Kier alpha value is -2.76. The molecule has 1 fully saturated rings. The number of carbonyl (C=O) groups is 2. The van der Waals surface area contributed by atoms with Crippen LogP contribution in [0.4, 0.5) is 8.78 Å². The van der Waals surface area contributed by atoms with Gasteiger partial charge in [-0.2, -0.15) is 0 Å². The predicted octanol–water partition coefficient (Wildman–Crippen LogP) is 3.91. The van der Waals surface area contributed by atoms with Gasteiger partial charge in [0.2, 0.25) is 5.91 Å². The summed E-state index contributed by atoms with van der Waals surface area (Å²) in [4.78, 5) is 24.2. The van der Waals surface area contributed by atoms with E-state index in [1.807, 2.05) is 0 Å². The van der Waals surface area contributed by atoms with Gasteiger partial charge in [-0.05, 0) is 61.4 Å². The van der Waals surface area contributed by atoms with Crippen LogP contribution < -0.4 is 10.6 Å². The Morgan fingerprint density at radius 3 is 2.29 bits per heavy atom. The zero-order valence-corrected chi connectivity index (χ0v) is 15.8. The van der Waals surface area contributed by atoms with Gasteiger partial charge in [-0.1, -0.05) is 18.2 Å². The molecular weight excluding hydrogens is 362 g/mol. The maximum atomic E-state index is 14.0. The largest absolute Gasteiger partial charge is 0.359 e. The molecule has 1 aliphatic carbocycles. The Labute approximate surface area is 163 Å². The van der Waals surface area contributed by atoms with Crippen molar-refractivity contribution < 1.29 is 18.4 Å². The normalized spacial score (nSPS) is 19.1. The van der Waals surface area contributed by atoms with Crippen LogP contribution in [0, 0.1) is 23.5 Å². The molecule has 0 aromatic heterocycles. The van der Waals surface area contributed by atoms with Gasteiger partial charge in [0.05, 0.1) is 5.56 Å². The molecule has 0 bridgehead atoms. The molecule has 0 radical (unpaired) electrons. The number of amides is 2. The molecule has 0 saturated heterocycles. The fourth-order valence-electron chi connectivity index (χ4n) is 3.76. The summed E-state index contributed by atoms with van der Waals surface area (Å²) in [6, 6.07) is 10.0. The van der Waals surface area contributed by atoms with E-state index in [0.29, 0.717) is 23.6 Å². The third-order valence-electron chi connectivity index (χ3n) is 5.39. The number of halogens is 2. The molecule has 0 spiro atoms. The molecular formula is C22H24F2N2O2. The molecule has 0 unspecified atom stereocenters. The van der Waals surface area contributed by atoms with E-state index in [0.717, 1.165) is 25.7 Å². The lowest BCUT2D eigenvalue weighted by atomic mass is 9.81. The van der Waals surface area contributed by atoms with Crippen LogP contribution in [0.2, 0.25) is 0 Å². The van der Waals surface area contributed by atoms with Gasteiger partial charge < -0.3 is 10.6 Å². The van der Waals surface area contributed by atoms with Gasteiger partial charge in [-0.25, -0.2) is 8.78 Å². The minimum Gasteiger partial charge on any atom is -0.359 e. The number of benzene rings is 2. The summed E-state index contributed by atoms with van der Waals surface area (Å²) in [7, 11) is 1.65. The van der Waals surface area contributed by atoms with E-state index in [-0.39, 0.29) is 23.3 Å². The Kier molecular flexibility index (Phi) is 6.39. The third kappa shape index (κ3) is 4.55. The Balaban J connectivity index is 1.61. The quantitative estimate of drug-likeness (QED) is 0.819. The maximum absolute atomic E-state index is 14.0. The van der Waals surface area contributed by atoms with Crippen LogP contribution in [0.15, 0.2) is 42.5 Å². The fourth-order valence-corrected chi connectivity index (χ4v) is 3.76. The topological polar surface area (TPSA) is 58.2 Å². The molecule has 1 aliphatic rings. The molecule has 148 valence electrons. The first kappa shape index (κ1) is 20.0. The summed E-state index contributed by atoms with van der Waals surface area (Å²) in [6.07, 6.45) is 3.42. The molecule has 28 heavy (non-hydrogen) atoms. The zero-order chi connectivity index (χ0) is 20.1. The van der Waals surface area contributed by atoms with E-state index in [4.69, 9.17) is 0 Å². The minimum absolute atomic E-state index is 0.0595. The van der Waals surface area contributed by atoms with Gasteiger partial charge in [0.25, 0.3) is 5.91 Å². The highest BCUT2D eigenvalue weighted by atomic mass is 19.1. The summed E-state index contributed by atoms with van der Waals surface area (Å²) >= 11 is 0. The van der Waals surface area contributed by atoms with Crippen LogP contribution in [0.1, 0.15) is 36.0 Å². The maximum Gasteiger partial charge on any atom is 0.251 e. The number of nitrogens with one attached hydrogen (secondary N) is 2. The zero-order valence-electron chi connectivity index (χ0n) is 15.8. The number of hydrogen-bond acceptors (Lipinski definition) is 2. The molecule has 0 aliphatic heterocycles. The van der Waals surface area contributed by atoms with Crippen molar-refractivity contribution in [3.05, 3.63) is 59.7 Å². The first-order valence-corrected chi connectivity index (χ1v) is 9.54.